The molecule has 0 heterocycles. The molecule has 0 aromatic heterocycles. The summed E-state index contributed by atoms with van der Waals surface area (Å²) in [5.74, 6) is 0.538. The van der Waals surface area contributed by atoms with Gasteiger partial charge in [-0.2, -0.15) is 0 Å². The number of carboxylic acid groups (broad SMARTS) is 1. The molecule has 2 aliphatic rings. The van der Waals surface area contributed by atoms with Gasteiger partial charge in [0.2, 0.25) is 5.91 Å². The number of aryl methyl sites for hydroxylation is 1. The number of carbonyl (C=O) groups is 2. The third kappa shape index (κ3) is 2.11. The lowest BCUT2D eigenvalue weighted by Gasteiger charge is -2.08. The van der Waals surface area contributed by atoms with Crippen LogP contribution in [0.25, 0.3) is 0 Å². The van der Waals surface area contributed by atoms with Crippen molar-refractivity contribution >= 4 is 17.6 Å². The number of nitrogens with one attached hydrogen (secondary N) is 1. The molecule has 0 saturated heterocycles. The van der Waals surface area contributed by atoms with Crippen LogP contribution in [-0.2, 0) is 4.79 Å². The predicted molar refractivity (Wildman–Crippen MR) is 71.1 cm³/mol. The minimum absolute atomic E-state index is 0.0946. The molecule has 4 nitrogen and oxygen atoms in total. The van der Waals surface area contributed by atoms with E-state index in [1.165, 1.54) is 19.3 Å². The molecular formula is C15H17NO3. The Morgan fingerprint density at radius 3 is 2.53 bits per heavy atom. The smallest absolute Gasteiger partial charge is 0.335 e. The van der Waals surface area contributed by atoms with Crippen molar-refractivity contribution in [1.82, 2.24) is 0 Å². The Hall–Kier alpha value is -1.84. The first-order valence-electron chi connectivity index (χ1n) is 6.73. The van der Waals surface area contributed by atoms with Gasteiger partial charge in [-0.25, -0.2) is 4.79 Å². The van der Waals surface area contributed by atoms with Gasteiger partial charge < -0.3 is 10.4 Å². The van der Waals surface area contributed by atoms with Crippen LogP contribution in [0.2, 0.25) is 0 Å². The van der Waals surface area contributed by atoms with Crippen LogP contribution < -0.4 is 5.32 Å². The molecule has 4 heteroatoms. The number of carboxylic acids is 1. The highest BCUT2D eigenvalue weighted by atomic mass is 16.4. The van der Waals surface area contributed by atoms with Gasteiger partial charge in [0.15, 0.2) is 0 Å². The Balaban J connectivity index is 1.69. The second-order valence-electron chi connectivity index (χ2n) is 5.61. The molecule has 100 valence electrons. The molecule has 0 bridgehead atoms. The zero-order valence-electron chi connectivity index (χ0n) is 10.8. The van der Waals surface area contributed by atoms with E-state index in [4.69, 9.17) is 5.11 Å². The van der Waals surface area contributed by atoms with Crippen molar-refractivity contribution in [3.8, 4) is 0 Å². The number of carbonyl (C=O) groups excluding carboxylic acids is 1. The molecule has 2 unspecified atom stereocenters. The van der Waals surface area contributed by atoms with Gasteiger partial charge >= 0.3 is 5.97 Å². The number of hydrogen-bond donors (Lipinski definition) is 2. The van der Waals surface area contributed by atoms with Crippen LogP contribution in [0.4, 0.5) is 5.69 Å². The number of fused-ring (bicyclic) bond motifs is 1. The molecule has 1 aromatic carbocycles. The zero-order valence-corrected chi connectivity index (χ0v) is 10.8. The minimum atomic E-state index is -0.938. The lowest BCUT2D eigenvalue weighted by molar-refractivity contribution is -0.118. The molecule has 0 aliphatic heterocycles. The van der Waals surface area contributed by atoms with E-state index in [0.717, 1.165) is 0 Å². The van der Waals surface area contributed by atoms with Gasteiger partial charge in [0.05, 0.1) is 5.56 Å². The minimum Gasteiger partial charge on any atom is -0.478 e. The maximum absolute atomic E-state index is 12.1. The number of benzene rings is 1. The summed E-state index contributed by atoms with van der Waals surface area (Å²) in [7, 11) is 0. The second-order valence-corrected chi connectivity index (χ2v) is 5.61. The summed E-state index contributed by atoms with van der Waals surface area (Å²) < 4.78 is 0. The third-order valence-electron chi connectivity index (χ3n) is 4.43. The Bertz CT molecular complexity index is 542. The molecule has 2 saturated carbocycles. The molecule has 2 fully saturated rings. The fraction of sp³-hybridized carbons (Fsp3) is 0.467. The fourth-order valence-corrected chi connectivity index (χ4v) is 3.42. The molecule has 0 radical (unpaired) electrons. The normalized spacial score (nSPS) is 27.7. The lowest BCUT2D eigenvalue weighted by atomic mass is 10.1. The highest BCUT2D eigenvalue weighted by Crippen LogP contribution is 2.57. The summed E-state index contributed by atoms with van der Waals surface area (Å²) in [4.78, 5) is 23.0. The van der Waals surface area contributed by atoms with Crippen molar-refractivity contribution in [3.63, 3.8) is 0 Å². The van der Waals surface area contributed by atoms with Crippen LogP contribution in [-0.4, -0.2) is 17.0 Å². The van der Waals surface area contributed by atoms with Gasteiger partial charge in [-0.3, -0.25) is 4.79 Å². The fourth-order valence-electron chi connectivity index (χ4n) is 3.42. The summed E-state index contributed by atoms with van der Waals surface area (Å²) >= 11 is 0. The van der Waals surface area contributed by atoms with Crippen molar-refractivity contribution in [2.24, 2.45) is 17.8 Å². The van der Waals surface area contributed by atoms with Crippen molar-refractivity contribution in [3.05, 3.63) is 29.3 Å². The van der Waals surface area contributed by atoms with E-state index in [2.05, 4.69) is 5.32 Å². The van der Waals surface area contributed by atoms with Crippen LogP contribution >= 0.6 is 0 Å². The quantitative estimate of drug-likeness (QED) is 0.877. The SMILES string of the molecule is Cc1cc(NC(=O)C2C3CCCC32)ccc1C(=O)O. The first-order chi connectivity index (χ1) is 9.08. The average molecular weight is 259 g/mol. The van der Waals surface area contributed by atoms with Gasteiger partial charge in [-0.05, 0) is 55.4 Å². The Morgan fingerprint density at radius 2 is 1.95 bits per heavy atom. The Kier molecular flexibility index (Phi) is 2.81. The van der Waals surface area contributed by atoms with Gasteiger partial charge in [-0.15, -0.1) is 0 Å². The Morgan fingerprint density at radius 1 is 1.26 bits per heavy atom. The predicted octanol–water partition coefficient (Wildman–Crippen LogP) is 2.68. The van der Waals surface area contributed by atoms with E-state index in [9.17, 15) is 9.59 Å². The Labute approximate surface area is 111 Å². The monoisotopic (exact) mass is 259 g/mol. The maximum Gasteiger partial charge on any atom is 0.335 e. The zero-order chi connectivity index (χ0) is 13.6. The first kappa shape index (κ1) is 12.2. The highest BCUT2D eigenvalue weighted by molar-refractivity contribution is 5.96. The molecule has 3 rings (SSSR count). The van der Waals surface area contributed by atoms with E-state index in [-0.39, 0.29) is 17.4 Å². The lowest BCUT2D eigenvalue weighted by Crippen LogP contribution is -2.16. The van der Waals surface area contributed by atoms with Gasteiger partial charge in [0.1, 0.15) is 0 Å². The number of rotatable bonds is 3. The van der Waals surface area contributed by atoms with E-state index in [1.54, 1.807) is 25.1 Å². The number of hydrogen-bond acceptors (Lipinski definition) is 2. The second kappa shape index (κ2) is 4.37. The van der Waals surface area contributed by atoms with Crippen molar-refractivity contribution in [2.75, 3.05) is 5.32 Å². The maximum atomic E-state index is 12.1. The highest BCUT2D eigenvalue weighted by Gasteiger charge is 2.56. The average Bonchev–Trinajstić information content (AvgIpc) is 2.83. The molecule has 2 atom stereocenters. The molecule has 0 spiro atoms. The van der Waals surface area contributed by atoms with Crippen LogP contribution in [0.15, 0.2) is 18.2 Å². The summed E-state index contributed by atoms with van der Waals surface area (Å²) in [5, 5.41) is 11.9. The molecule has 2 N–H and O–H groups in total. The molecular weight excluding hydrogens is 242 g/mol. The van der Waals surface area contributed by atoms with Crippen molar-refractivity contribution in [1.29, 1.82) is 0 Å². The van der Waals surface area contributed by atoms with Crippen LogP contribution in [0.5, 0.6) is 0 Å². The largest absolute Gasteiger partial charge is 0.478 e. The number of anilines is 1. The first-order valence-corrected chi connectivity index (χ1v) is 6.73. The number of aromatic carboxylic acids is 1. The van der Waals surface area contributed by atoms with Crippen LogP contribution in [0.3, 0.4) is 0 Å². The standard InChI is InChI=1S/C15H17NO3/c1-8-7-9(5-6-10(8)15(18)19)16-14(17)13-11-3-2-4-12(11)13/h5-7,11-13H,2-4H2,1H3,(H,16,17)(H,18,19). The topological polar surface area (TPSA) is 66.4 Å². The van der Waals surface area contributed by atoms with Crippen LogP contribution in [0.1, 0.15) is 35.2 Å². The molecule has 1 amide bonds. The van der Waals surface area contributed by atoms with Crippen molar-refractivity contribution in [2.45, 2.75) is 26.2 Å². The van der Waals surface area contributed by atoms with E-state index in [0.29, 0.717) is 23.1 Å². The molecule has 1 aromatic rings. The van der Waals surface area contributed by atoms with Crippen LogP contribution in [0, 0.1) is 24.7 Å². The van der Waals surface area contributed by atoms with Gasteiger partial charge in [-0.1, -0.05) is 6.42 Å². The molecule has 2 aliphatic carbocycles. The third-order valence-corrected chi connectivity index (χ3v) is 4.43. The summed E-state index contributed by atoms with van der Waals surface area (Å²) in [6.07, 6.45) is 3.62. The van der Waals surface area contributed by atoms with Gasteiger partial charge in [0, 0.05) is 11.6 Å². The van der Waals surface area contributed by atoms with Crippen molar-refractivity contribution < 1.29 is 14.7 Å². The number of amides is 1. The summed E-state index contributed by atoms with van der Waals surface area (Å²) in [6.45, 7) is 1.74. The van der Waals surface area contributed by atoms with E-state index in [1.807, 2.05) is 0 Å². The summed E-state index contributed by atoms with van der Waals surface area (Å²) in [5.41, 5.74) is 1.64. The van der Waals surface area contributed by atoms with Gasteiger partial charge in [0.25, 0.3) is 0 Å². The molecule has 19 heavy (non-hydrogen) atoms. The van der Waals surface area contributed by atoms with E-state index >= 15 is 0 Å². The van der Waals surface area contributed by atoms with E-state index < -0.39 is 5.97 Å². The summed E-state index contributed by atoms with van der Waals surface area (Å²) in [6, 6.07) is 4.92.